The Kier molecular flexibility index (Phi) is 3.20. The molecule has 1 unspecified atom stereocenters. The van der Waals surface area contributed by atoms with E-state index in [4.69, 9.17) is 5.73 Å². The number of hydrogen-bond donors (Lipinski definition) is 1. The van der Waals surface area contributed by atoms with Crippen LogP contribution in [-0.4, -0.2) is 20.2 Å². The number of anilines is 1. The Bertz CT molecular complexity index is 627. The maximum atomic E-state index is 6.04. The van der Waals surface area contributed by atoms with Crippen LogP contribution in [0, 0.1) is 19.8 Å². The van der Waals surface area contributed by atoms with Gasteiger partial charge in [-0.3, -0.25) is 0 Å². The van der Waals surface area contributed by atoms with Gasteiger partial charge in [0.15, 0.2) is 5.82 Å². The van der Waals surface area contributed by atoms with E-state index in [9.17, 15) is 0 Å². The van der Waals surface area contributed by atoms with E-state index in [2.05, 4.69) is 35.4 Å². The van der Waals surface area contributed by atoms with Crippen LogP contribution in [0.3, 0.4) is 0 Å². The van der Waals surface area contributed by atoms with E-state index in [1.807, 2.05) is 17.7 Å². The molecule has 106 valence electrons. The number of benzene rings is 1. The van der Waals surface area contributed by atoms with Gasteiger partial charge in [-0.2, -0.15) is 0 Å². The first-order chi connectivity index (χ1) is 9.58. The summed E-state index contributed by atoms with van der Waals surface area (Å²) in [5.74, 6) is 1.52. The topological polar surface area (TPSA) is 69.6 Å². The normalized spacial score (nSPS) is 16.9. The van der Waals surface area contributed by atoms with Crippen molar-refractivity contribution < 1.29 is 0 Å². The van der Waals surface area contributed by atoms with Crippen molar-refractivity contribution in [1.29, 1.82) is 0 Å². The minimum atomic E-state index is 0.343. The van der Waals surface area contributed by atoms with E-state index in [0.717, 1.165) is 28.2 Å². The largest absolute Gasteiger partial charge is 0.398 e. The molecular formula is C15H21N5. The summed E-state index contributed by atoms with van der Waals surface area (Å²) in [4.78, 5) is 0. The van der Waals surface area contributed by atoms with Gasteiger partial charge >= 0.3 is 0 Å². The summed E-state index contributed by atoms with van der Waals surface area (Å²) in [5.41, 5.74) is 10.1. The first-order valence-corrected chi connectivity index (χ1v) is 7.23. The average molecular weight is 271 g/mol. The molecule has 0 bridgehead atoms. The van der Waals surface area contributed by atoms with Crippen LogP contribution in [0.2, 0.25) is 0 Å². The second kappa shape index (κ2) is 4.89. The van der Waals surface area contributed by atoms with E-state index in [1.165, 1.54) is 19.3 Å². The van der Waals surface area contributed by atoms with Crippen molar-refractivity contribution in [2.24, 2.45) is 5.92 Å². The number of nitrogen functional groups attached to an aromatic ring is 1. The summed E-state index contributed by atoms with van der Waals surface area (Å²) >= 11 is 0. The van der Waals surface area contributed by atoms with Gasteiger partial charge in [-0.15, -0.1) is 5.10 Å². The number of hydrogen-bond acceptors (Lipinski definition) is 4. The van der Waals surface area contributed by atoms with Gasteiger partial charge in [0.05, 0.1) is 6.04 Å². The summed E-state index contributed by atoms with van der Waals surface area (Å²) in [6.45, 7) is 6.30. The number of nitrogens with two attached hydrogens (primary N) is 1. The van der Waals surface area contributed by atoms with Gasteiger partial charge in [0, 0.05) is 11.3 Å². The summed E-state index contributed by atoms with van der Waals surface area (Å²) in [6.07, 6.45) is 3.87. The molecule has 0 aliphatic heterocycles. The van der Waals surface area contributed by atoms with Gasteiger partial charge in [0.2, 0.25) is 0 Å². The molecule has 1 aromatic heterocycles. The minimum Gasteiger partial charge on any atom is -0.398 e. The van der Waals surface area contributed by atoms with E-state index < -0.39 is 0 Å². The van der Waals surface area contributed by atoms with Gasteiger partial charge in [-0.25, -0.2) is 4.68 Å². The molecule has 1 aromatic carbocycles. The Labute approximate surface area is 119 Å². The summed E-state index contributed by atoms with van der Waals surface area (Å²) < 4.78 is 1.96. The Morgan fingerprint density at radius 1 is 1.25 bits per heavy atom. The Morgan fingerprint density at radius 3 is 2.65 bits per heavy atom. The Morgan fingerprint density at radius 2 is 2.00 bits per heavy atom. The first kappa shape index (κ1) is 13.1. The molecule has 1 aliphatic carbocycles. The van der Waals surface area contributed by atoms with Crippen molar-refractivity contribution in [2.75, 3.05) is 5.73 Å². The quantitative estimate of drug-likeness (QED) is 0.871. The Balaban J connectivity index is 2.03. The molecular weight excluding hydrogens is 250 g/mol. The molecule has 20 heavy (non-hydrogen) atoms. The van der Waals surface area contributed by atoms with E-state index in [1.54, 1.807) is 0 Å². The van der Waals surface area contributed by atoms with Crippen LogP contribution >= 0.6 is 0 Å². The lowest BCUT2D eigenvalue weighted by atomic mass is 9.80. The van der Waals surface area contributed by atoms with E-state index >= 15 is 0 Å². The zero-order chi connectivity index (χ0) is 14.3. The number of aromatic nitrogens is 4. The summed E-state index contributed by atoms with van der Waals surface area (Å²) in [6, 6.07) is 4.42. The molecule has 1 aliphatic rings. The highest BCUT2D eigenvalue weighted by atomic mass is 15.5. The molecule has 0 spiro atoms. The monoisotopic (exact) mass is 271 g/mol. The van der Waals surface area contributed by atoms with Crippen molar-refractivity contribution in [3.05, 3.63) is 23.3 Å². The van der Waals surface area contributed by atoms with Crippen LogP contribution in [0.25, 0.3) is 11.4 Å². The first-order valence-electron chi connectivity index (χ1n) is 7.23. The Hall–Kier alpha value is -1.91. The molecule has 5 nitrogen and oxygen atoms in total. The molecule has 1 heterocycles. The third kappa shape index (κ3) is 2.07. The van der Waals surface area contributed by atoms with Crippen molar-refractivity contribution in [2.45, 2.75) is 46.1 Å². The molecule has 1 saturated carbocycles. The van der Waals surface area contributed by atoms with Crippen molar-refractivity contribution in [3.63, 3.8) is 0 Å². The molecule has 2 aromatic rings. The molecule has 1 atom stereocenters. The predicted molar refractivity (Wildman–Crippen MR) is 79.2 cm³/mol. The predicted octanol–water partition coefficient (Wildman–Crippen LogP) is 2.90. The number of nitrogens with zero attached hydrogens (tertiary/aromatic N) is 4. The average Bonchev–Trinajstić information content (AvgIpc) is 2.80. The summed E-state index contributed by atoms with van der Waals surface area (Å²) in [5, 5.41) is 12.3. The molecule has 0 radical (unpaired) electrons. The second-order valence-corrected chi connectivity index (χ2v) is 5.90. The highest BCUT2D eigenvalue weighted by molar-refractivity contribution is 5.67. The third-order valence-corrected chi connectivity index (χ3v) is 4.56. The second-order valence-electron chi connectivity index (χ2n) is 5.90. The van der Waals surface area contributed by atoms with Gasteiger partial charge < -0.3 is 5.73 Å². The zero-order valence-corrected chi connectivity index (χ0v) is 12.3. The maximum Gasteiger partial charge on any atom is 0.182 e. The lowest BCUT2D eigenvalue weighted by Gasteiger charge is -2.31. The summed E-state index contributed by atoms with van der Waals surface area (Å²) in [7, 11) is 0. The molecule has 3 rings (SSSR count). The van der Waals surface area contributed by atoms with Gasteiger partial charge in [-0.05, 0) is 67.2 Å². The maximum absolute atomic E-state index is 6.04. The van der Waals surface area contributed by atoms with Crippen LogP contribution in [0.15, 0.2) is 12.1 Å². The highest BCUT2D eigenvalue weighted by Crippen LogP contribution is 2.37. The van der Waals surface area contributed by atoms with Crippen LogP contribution in [0.1, 0.15) is 43.4 Å². The van der Waals surface area contributed by atoms with Crippen molar-refractivity contribution in [3.8, 4) is 11.4 Å². The van der Waals surface area contributed by atoms with E-state index in [-0.39, 0.29) is 0 Å². The molecule has 0 saturated heterocycles. The SMILES string of the molecule is Cc1cc(C)c(-c2nnnn2C(C)C2CCC2)cc1N. The van der Waals surface area contributed by atoms with Gasteiger partial charge in [-0.1, -0.05) is 12.5 Å². The van der Waals surface area contributed by atoms with Gasteiger partial charge in [0.25, 0.3) is 0 Å². The zero-order valence-electron chi connectivity index (χ0n) is 12.3. The molecule has 0 amide bonds. The number of rotatable bonds is 3. The van der Waals surface area contributed by atoms with Crippen molar-refractivity contribution in [1.82, 2.24) is 20.2 Å². The lowest BCUT2D eigenvalue weighted by molar-refractivity contribution is 0.210. The van der Waals surface area contributed by atoms with E-state index in [0.29, 0.717) is 12.0 Å². The standard InChI is InChI=1S/C15H21N5/c1-9-7-10(2)14(16)8-13(9)15-17-18-19-20(15)11(3)12-5-4-6-12/h7-8,11-12H,4-6,16H2,1-3H3. The van der Waals surface area contributed by atoms with Crippen LogP contribution in [-0.2, 0) is 0 Å². The molecule has 5 heteroatoms. The van der Waals surface area contributed by atoms with Crippen LogP contribution in [0.4, 0.5) is 5.69 Å². The van der Waals surface area contributed by atoms with Gasteiger partial charge in [0.1, 0.15) is 0 Å². The third-order valence-electron chi connectivity index (χ3n) is 4.56. The smallest absolute Gasteiger partial charge is 0.182 e. The fourth-order valence-electron chi connectivity index (χ4n) is 2.88. The fourth-order valence-corrected chi connectivity index (χ4v) is 2.88. The minimum absolute atomic E-state index is 0.343. The van der Waals surface area contributed by atoms with Crippen molar-refractivity contribution >= 4 is 5.69 Å². The fraction of sp³-hybridized carbons (Fsp3) is 0.533. The lowest BCUT2D eigenvalue weighted by Crippen LogP contribution is -2.24. The molecule has 1 fully saturated rings. The highest BCUT2D eigenvalue weighted by Gasteiger charge is 2.28. The number of tetrazole rings is 1. The molecule has 2 N–H and O–H groups in total. The number of aryl methyl sites for hydroxylation is 2. The van der Waals surface area contributed by atoms with Crippen LogP contribution < -0.4 is 5.73 Å². The van der Waals surface area contributed by atoms with Crippen LogP contribution in [0.5, 0.6) is 0 Å².